The number of rotatable bonds is 7. The topological polar surface area (TPSA) is 84.9 Å². The quantitative estimate of drug-likeness (QED) is 0.804. The Morgan fingerprint density at radius 3 is 2.74 bits per heavy atom. The van der Waals surface area contributed by atoms with Crippen LogP contribution in [0.5, 0.6) is 5.75 Å². The van der Waals surface area contributed by atoms with Crippen molar-refractivity contribution in [2.45, 2.75) is 32.2 Å². The number of carbonyl (C=O) groups is 2. The number of methoxy groups -OCH3 is 1. The number of benzene rings is 1. The van der Waals surface area contributed by atoms with Crippen molar-refractivity contribution >= 4 is 11.9 Å². The van der Waals surface area contributed by atoms with Crippen LogP contribution in [0.1, 0.15) is 41.6 Å². The third-order valence-electron chi connectivity index (χ3n) is 4.10. The summed E-state index contributed by atoms with van der Waals surface area (Å²) in [4.78, 5) is 23.1. The molecule has 0 aromatic heterocycles. The zero-order chi connectivity index (χ0) is 16.7. The number of aromatic carboxylic acids is 1. The summed E-state index contributed by atoms with van der Waals surface area (Å²) in [6.07, 6.45) is 3.41. The van der Waals surface area contributed by atoms with E-state index in [2.05, 4.69) is 5.32 Å². The van der Waals surface area contributed by atoms with Gasteiger partial charge in [-0.3, -0.25) is 4.79 Å². The van der Waals surface area contributed by atoms with E-state index in [1.807, 2.05) is 0 Å². The molecule has 6 heteroatoms. The van der Waals surface area contributed by atoms with E-state index in [1.165, 1.54) is 13.2 Å². The standard InChI is InChI=1S/C17H23NO5/c1-22-15-4-2-13(10-14(15)17(20)21)11-18-16(19)5-3-12-6-8-23-9-7-12/h2,4,10,12H,3,5-9,11H2,1H3,(H,18,19)(H,20,21). The number of carboxylic acid groups (broad SMARTS) is 1. The lowest BCUT2D eigenvalue weighted by atomic mass is 9.95. The molecule has 1 heterocycles. The van der Waals surface area contributed by atoms with E-state index >= 15 is 0 Å². The van der Waals surface area contributed by atoms with E-state index in [0.29, 0.717) is 24.6 Å². The zero-order valence-corrected chi connectivity index (χ0v) is 13.3. The molecule has 1 aliphatic heterocycles. The van der Waals surface area contributed by atoms with E-state index in [0.717, 1.165) is 38.0 Å². The predicted octanol–water partition coefficient (Wildman–Crippen LogP) is 2.22. The van der Waals surface area contributed by atoms with Crippen molar-refractivity contribution in [3.63, 3.8) is 0 Å². The molecule has 2 rings (SSSR count). The smallest absolute Gasteiger partial charge is 0.339 e. The fourth-order valence-electron chi connectivity index (χ4n) is 2.69. The molecule has 1 aliphatic rings. The monoisotopic (exact) mass is 321 g/mol. The van der Waals surface area contributed by atoms with Crippen molar-refractivity contribution in [3.8, 4) is 5.75 Å². The van der Waals surface area contributed by atoms with Crippen molar-refractivity contribution in [1.29, 1.82) is 0 Å². The molecule has 1 saturated heterocycles. The first-order chi connectivity index (χ1) is 11.1. The summed E-state index contributed by atoms with van der Waals surface area (Å²) < 4.78 is 10.3. The van der Waals surface area contributed by atoms with Gasteiger partial charge in [0.2, 0.25) is 5.91 Å². The van der Waals surface area contributed by atoms with E-state index in [9.17, 15) is 9.59 Å². The van der Waals surface area contributed by atoms with Gasteiger partial charge in [0.05, 0.1) is 7.11 Å². The second-order valence-electron chi connectivity index (χ2n) is 5.71. The van der Waals surface area contributed by atoms with Gasteiger partial charge in [0.25, 0.3) is 0 Å². The largest absolute Gasteiger partial charge is 0.496 e. The van der Waals surface area contributed by atoms with Crippen molar-refractivity contribution in [1.82, 2.24) is 5.32 Å². The first-order valence-corrected chi connectivity index (χ1v) is 7.85. The predicted molar refractivity (Wildman–Crippen MR) is 84.6 cm³/mol. The third-order valence-corrected chi connectivity index (χ3v) is 4.10. The van der Waals surface area contributed by atoms with Gasteiger partial charge in [-0.2, -0.15) is 0 Å². The third kappa shape index (κ3) is 5.25. The molecule has 0 saturated carbocycles. The summed E-state index contributed by atoms with van der Waals surface area (Å²) in [6, 6.07) is 4.89. The molecule has 0 unspecified atom stereocenters. The first kappa shape index (κ1) is 17.3. The highest BCUT2D eigenvalue weighted by Gasteiger charge is 2.15. The highest BCUT2D eigenvalue weighted by molar-refractivity contribution is 5.91. The molecular formula is C17H23NO5. The molecule has 0 radical (unpaired) electrons. The van der Waals surface area contributed by atoms with Gasteiger partial charge in [-0.05, 0) is 42.9 Å². The van der Waals surface area contributed by atoms with E-state index in [-0.39, 0.29) is 11.5 Å². The van der Waals surface area contributed by atoms with E-state index in [1.54, 1.807) is 12.1 Å². The summed E-state index contributed by atoms with van der Waals surface area (Å²) in [6.45, 7) is 1.89. The van der Waals surface area contributed by atoms with Crippen molar-refractivity contribution in [2.75, 3.05) is 20.3 Å². The fourth-order valence-corrected chi connectivity index (χ4v) is 2.69. The number of amides is 1. The van der Waals surface area contributed by atoms with E-state index < -0.39 is 5.97 Å². The maximum Gasteiger partial charge on any atom is 0.339 e. The molecule has 0 spiro atoms. The van der Waals surface area contributed by atoms with E-state index in [4.69, 9.17) is 14.6 Å². The molecular weight excluding hydrogens is 298 g/mol. The number of carbonyl (C=O) groups excluding carboxylic acids is 1. The Kier molecular flexibility index (Phi) is 6.40. The minimum Gasteiger partial charge on any atom is -0.496 e. The maximum atomic E-state index is 11.9. The molecule has 0 aliphatic carbocycles. The molecule has 23 heavy (non-hydrogen) atoms. The maximum absolute atomic E-state index is 11.9. The number of hydrogen-bond acceptors (Lipinski definition) is 4. The zero-order valence-electron chi connectivity index (χ0n) is 13.3. The summed E-state index contributed by atoms with van der Waals surface area (Å²) in [7, 11) is 1.43. The molecule has 6 nitrogen and oxygen atoms in total. The van der Waals surface area contributed by atoms with Crippen LogP contribution in [-0.4, -0.2) is 37.3 Å². The number of carboxylic acids is 1. The molecule has 1 fully saturated rings. The molecule has 2 N–H and O–H groups in total. The Morgan fingerprint density at radius 1 is 1.35 bits per heavy atom. The summed E-state index contributed by atoms with van der Waals surface area (Å²) in [5.74, 6) is -0.181. The molecule has 0 bridgehead atoms. The van der Waals surface area contributed by atoms with Gasteiger partial charge in [0.1, 0.15) is 11.3 Å². The van der Waals surface area contributed by atoms with Gasteiger partial charge in [-0.1, -0.05) is 6.07 Å². The highest BCUT2D eigenvalue weighted by atomic mass is 16.5. The SMILES string of the molecule is COc1ccc(CNC(=O)CCC2CCOCC2)cc1C(=O)O. The lowest BCUT2D eigenvalue weighted by molar-refractivity contribution is -0.121. The number of nitrogens with one attached hydrogen (secondary N) is 1. The average Bonchev–Trinajstić information content (AvgIpc) is 2.58. The minimum atomic E-state index is -1.05. The van der Waals surface area contributed by atoms with Gasteiger partial charge >= 0.3 is 5.97 Å². The Balaban J connectivity index is 1.81. The highest BCUT2D eigenvalue weighted by Crippen LogP contribution is 2.21. The van der Waals surface area contributed by atoms with Gasteiger partial charge in [0, 0.05) is 26.2 Å². The summed E-state index contributed by atoms with van der Waals surface area (Å²) >= 11 is 0. The van der Waals surface area contributed by atoms with Crippen LogP contribution in [0.25, 0.3) is 0 Å². The van der Waals surface area contributed by atoms with Gasteiger partial charge in [-0.25, -0.2) is 4.79 Å². The van der Waals surface area contributed by atoms with Crippen LogP contribution >= 0.6 is 0 Å². The van der Waals surface area contributed by atoms with Crippen LogP contribution in [-0.2, 0) is 16.1 Å². The minimum absolute atomic E-state index is 0.0100. The first-order valence-electron chi connectivity index (χ1n) is 7.85. The molecule has 1 amide bonds. The Bertz CT molecular complexity index is 552. The number of hydrogen-bond donors (Lipinski definition) is 2. The average molecular weight is 321 g/mol. The lowest BCUT2D eigenvalue weighted by Crippen LogP contribution is -2.24. The van der Waals surface area contributed by atoms with Gasteiger partial charge in [0.15, 0.2) is 0 Å². The van der Waals surface area contributed by atoms with Crippen LogP contribution in [0.4, 0.5) is 0 Å². The van der Waals surface area contributed by atoms with Gasteiger partial charge < -0.3 is 19.9 Å². The van der Waals surface area contributed by atoms with Crippen LogP contribution in [0.3, 0.4) is 0 Å². The molecule has 126 valence electrons. The van der Waals surface area contributed by atoms with Crippen LogP contribution < -0.4 is 10.1 Å². The fraction of sp³-hybridized carbons (Fsp3) is 0.529. The summed E-state index contributed by atoms with van der Waals surface area (Å²) in [5.41, 5.74) is 0.837. The Hall–Kier alpha value is -2.08. The Labute approximate surface area is 135 Å². The lowest BCUT2D eigenvalue weighted by Gasteiger charge is -2.21. The normalized spacial score (nSPS) is 15.2. The Morgan fingerprint density at radius 2 is 2.09 bits per heavy atom. The van der Waals surface area contributed by atoms with Crippen molar-refractivity contribution < 1.29 is 24.2 Å². The second-order valence-corrected chi connectivity index (χ2v) is 5.71. The molecule has 0 atom stereocenters. The van der Waals surface area contributed by atoms with Crippen molar-refractivity contribution in [3.05, 3.63) is 29.3 Å². The summed E-state index contributed by atoms with van der Waals surface area (Å²) in [5, 5.41) is 12.0. The van der Waals surface area contributed by atoms with Crippen LogP contribution in [0.2, 0.25) is 0 Å². The second kappa shape index (κ2) is 8.53. The van der Waals surface area contributed by atoms with Gasteiger partial charge in [-0.15, -0.1) is 0 Å². The molecule has 1 aromatic rings. The molecule has 1 aromatic carbocycles. The van der Waals surface area contributed by atoms with Crippen LogP contribution in [0, 0.1) is 5.92 Å². The van der Waals surface area contributed by atoms with Crippen molar-refractivity contribution in [2.24, 2.45) is 5.92 Å². The van der Waals surface area contributed by atoms with Crippen LogP contribution in [0.15, 0.2) is 18.2 Å². The number of ether oxygens (including phenoxy) is 2.